The fraction of sp³-hybridized carbons (Fsp3) is 0.571. The van der Waals surface area contributed by atoms with Crippen LogP contribution >= 0.6 is 12.4 Å². The summed E-state index contributed by atoms with van der Waals surface area (Å²) in [6, 6.07) is 3.40. The summed E-state index contributed by atoms with van der Waals surface area (Å²) in [5, 5.41) is 11.2. The average molecular weight is 380 g/mol. The molecule has 1 fully saturated rings. The van der Waals surface area contributed by atoms with Gasteiger partial charge in [-0.3, -0.25) is 10.1 Å². The molecule has 0 bridgehead atoms. The van der Waals surface area contributed by atoms with E-state index in [1.165, 1.54) is 19.2 Å². The van der Waals surface area contributed by atoms with Crippen molar-refractivity contribution in [1.82, 2.24) is 4.72 Å². The van der Waals surface area contributed by atoms with E-state index in [0.29, 0.717) is 13.0 Å². The van der Waals surface area contributed by atoms with Gasteiger partial charge < -0.3 is 10.5 Å². The highest BCUT2D eigenvalue weighted by atomic mass is 35.5. The lowest BCUT2D eigenvalue weighted by molar-refractivity contribution is -0.387. The quantitative estimate of drug-likeness (QED) is 0.573. The maximum atomic E-state index is 12.6. The second-order valence-electron chi connectivity index (χ2n) is 5.60. The van der Waals surface area contributed by atoms with Gasteiger partial charge in [0.15, 0.2) is 4.90 Å². The van der Waals surface area contributed by atoms with Crippen LogP contribution < -0.4 is 15.2 Å². The van der Waals surface area contributed by atoms with Gasteiger partial charge >= 0.3 is 0 Å². The van der Waals surface area contributed by atoms with Gasteiger partial charge in [0.05, 0.1) is 18.1 Å². The molecule has 0 aliphatic heterocycles. The van der Waals surface area contributed by atoms with Gasteiger partial charge in [0, 0.05) is 6.04 Å². The third-order valence-electron chi connectivity index (χ3n) is 4.17. The molecule has 0 heterocycles. The fourth-order valence-electron chi connectivity index (χ4n) is 2.90. The van der Waals surface area contributed by atoms with Crippen LogP contribution in [0.2, 0.25) is 0 Å². The van der Waals surface area contributed by atoms with Crippen molar-refractivity contribution in [2.24, 2.45) is 11.7 Å². The lowest BCUT2D eigenvalue weighted by Crippen LogP contribution is -2.44. The number of nitro groups is 1. The molecule has 0 radical (unpaired) electrons. The van der Waals surface area contributed by atoms with Crippen molar-refractivity contribution < 1.29 is 18.1 Å². The fourth-order valence-corrected chi connectivity index (χ4v) is 4.39. The minimum absolute atomic E-state index is 0. The van der Waals surface area contributed by atoms with E-state index in [4.69, 9.17) is 10.5 Å². The summed E-state index contributed by atoms with van der Waals surface area (Å²) in [6.45, 7) is 0.387. The minimum Gasteiger partial charge on any atom is -0.497 e. The zero-order valence-electron chi connectivity index (χ0n) is 13.3. The molecule has 10 heteroatoms. The topological polar surface area (TPSA) is 125 Å². The number of nitrogens with one attached hydrogen (secondary N) is 1. The largest absolute Gasteiger partial charge is 0.497 e. The highest BCUT2D eigenvalue weighted by Gasteiger charge is 2.32. The molecule has 8 nitrogen and oxygen atoms in total. The predicted octanol–water partition coefficient (Wildman–Crippen LogP) is 1.82. The van der Waals surface area contributed by atoms with Gasteiger partial charge in [-0.15, -0.1) is 12.4 Å². The van der Waals surface area contributed by atoms with Crippen LogP contribution in [0, 0.1) is 16.0 Å². The lowest BCUT2D eigenvalue weighted by atomic mass is 9.85. The summed E-state index contributed by atoms with van der Waals surface area (Å²) in [5.41, 5.74) is 5.20. The van der Waals surface area contributed by atoms with Crippen molar-refractivity contribution in [3.63, 3.8) is 0 Å². The maximum Gasteiger partial charge on any atom is 0.293 e. The molecule has 0 aromatic heterocycles. The molecule has 24 heavy (non-hydrogen) atoms. The number of ether oxygens (including phenoxy) is 1. The molecule has 1 aromatic rings. The summed E-state index contributed by atoms with van der Waals surface area (Å²) in [7, 11) is -2.65. The highest BCUT2D eigenvalue weighted by Crippen LogP contribution is 2.30. The first-order chi connectivity index (χ1) is 10.9. The van der Waals surface area contributed by atoms with Crippen molar-refractivity contribution in [3.05, 3.63) is 28.3 Å². The van der Waals surface area contributed by atoms with E-state index in [0.717, 1.165) is 25.3 Å². The normalized spacial score (nSPS) is 20.9. The summed E-state index contributed by atoms with van der Waals surface area (Å²) < 4.78 is 32.7. The minimum atomic E-state index is -4.01. The Morgan fingerprint density at radius 1 is 1.38 bits per heavy atom. The van der Waals surface area contributed by atoms with E-state index in [2.05, 4.69) is 4.72 Å². The third kappa shape index (κ3) is 4.56. The number of rotatable bonds is 6. The smallest absolute Gasteiger partial charge is 0.293 e. The SMILES string of the molecule is COc1ccc(S(=O)(=O)NC2CCCCC2CN)c([N+](=O)[O-])c1.Cl. The Morgan fingerprint density at radius 3 is 2.62 bits per heavy atom. The number of methoxy groups -OCH3 is 1. The van der Waals surface area contributed by atoms with E-state index in [9.17, 15) is 18.5 Å². The lowest BCUT2D eigenvalue weighted by Gasteiger charge is -2.30. The van der Waals surface area contributed by atoms with Crippen LogP contribution in [0.25, 0.3) is 0 Å². The number of sulfonamides is 1. The first-order valence-corrected chi connectivity index (χ1v) is 8.92. The van der Waals surface area contributed by atoms with Gasteiger partial charge in [0.25, 0.3) is 5.69 Å². The van der Waals surface area contributed by atoms with Crippen molar-refractivity contribution in [1.29, 1.82) is 0 Å². The van der Waals surface area contributed by atoms with E-state index in [-0.39, 0.29) is 35.0 Å². The molecular formula is C14H22ClN3O5S. The first-order valence-electron chi connectivity index (χ1n) is 7.44. The molecule has 3 N–H and O–H groups in total. The second kappa shape index (κ2) is 8.61. The van der Waals surface area contributed by atoms with Crippen LogP contribution in [0.15, 0.2) is 23.1 Å². The average Bonchev–Trinajstić information content (AvgIpc) is 2.54. The number of nitrogens with zero attached hydrogens (tertiary/aromatic N) is 1. The molecule has 1 aliphatic rings. The zero-order valence-corrected chi connectivity index (χ0v) is 14.9. The monoisotopic (exact) mass is 379 g/mol. The van der Waals surface area contributed by atoms with Gasteiger partial charge in [-0.25, -0.2) is 13.1 Å². The Labute approximate surface area is 147 Å². The molecule has 1 aliphatic carbocycles. The van der Waals surface area contributed by atoms with Gasteiger partial charge in [0.2, 0.25) is 10.0 Å². The van der Waals surface area contributed by atoms with Crippen LogP contribution in [-0.2, 0) is 10.0 Å². The standard InChI is InChI=1S/C14H21N3O5S.ClH/c1-22-11-6-7-14(13(8-11)17(18)19)23(20,21)16-12-5-3-2-4-10(12)9-15;/h6-8,10,12,16H,2-5,9,15H2,1H3;1H. The number of benzene rings is 1. The molecule has 0 spiro atoms. The molecule has 2 atom stereocenters. The van der Waals surface area contributed by atoms with E-state index in [1.807, 2.05) is 0 Å². The van der Waals surface area contributed by atoms with Crippen LogP contribution in [0.4, 0.5) is 5.69 Å². The Morgan fingerprint density at radius 2 is 2.04 bits per heavy atom. The second-order valence-corrected chi connectivity index (χ2v) is 7.28. The molecule has 2 rings (SSSR count). The Bertz CT molecular complexity index is 683. The Kier molecular flexibility index (Phi) is 7.40. The number of hydrogen-bond donors (Lipinski definition) is 2. The number of nitrogens with two attached hydrogens (primary N) is 1. The van der Waals surface area contributed by atoms with E-state index >= 15 is 0 Å². The third-order valence-corrected chi connectivity index (χ3v) is 5.71. The van der Waals surface area contributed by atoms with E-state index in [1.54, 1.807) is 0 Å². The molecule has 136 valence electrons. The van der Waals surface area contributed by atoms with Crippen LogP contribution in [0.5, 0.6) is 5.75 Å². The zero-order chi connectivity index (χ0) is 17.0. The Balaban J connectivity index is 0.00000288. The molecule has 1 saturated carbocycles. The maximum absolute atomic E-state index is 12.6. The van der Waals surface area contributed by atoms with Gasteiger partial charge in [-0.1, -0.05) is 12.8 Å². The molecule has 0 saturated heterocycles. The van der Waals surface area contributed by atoms with Crippen molar-refractivity contribution in [2.75, 3.05) is 13.7 Å². The van der Waals surface area contributed by atoms with Gasteiger partial charge in [0.1, 0.15) is 5.75 Å². The molecule has 2 unspecified atom stereocenters. The number of halogens is 1. The Hall–Kier alpha value is -1.42. The summed E-state index contributed by atoms with van der Waals surface area (Å²) in [4.78, 5) is 10.1. The summed E-state index contributed by atoms with van der Waals surface area (Å²) in [6.07, 6.45) is 3.47. The van der Waals surface area contributed by atoms with Crippen LogP contribution in [0.3, 0.4) is 0 Å². The number of hydrogen-bond acceptors (Lipinski definition) is 6. The molecular weight excluding hydrogens is 358 g/mol. The van der Waals surface area contributed by atoms with Crippen molar-refractivity contribution >= 4 is 28.1 Å². The summed E-state index contributed by atoms with van der Waals surface area (Å²) >= 11 is 0. The van der Waals surface area contributed by atoms with Crippen molar-refractivity contribution in [2.45, 2.75) is 36.6 Å². The van der Waals surface area contributed by atoms with Gasteiger partial charge in [-0.05, 0) is 37.4 Å². The predicted molar refractivity (Wildman–Crippen MR) is 92.0 cm³/mol. The number of nitro benzene ring substituents is 1. The summed E-state index contributed by atoms with van der Waals surface area (Å²) in [5.74, 6) is 0.281. The highest BCUT2D eigenvalue weighted by molar-refractivity contribution is 7.89. The van der Waals surface area contributed by atoms with Gasteiger partial charge in [-0.2, -0.15) is 0 Å². The van der Waals surface area contributed by atoms with Crippen molar-refractivity contribution in [3.8, 4) is 5.75 Å². The van der Waals surface area contributed by atoms with Crippen LogP contribution in [-0.4, -0.2) is 33.0 Å². The molecule has 1 aromatic carbocycles. The van der Waals surface area contributed by atoms with E-state index < -0.39 is 20.6 Å². The van der Waals surface area contributed by atoms with Crippen LogP contribution in [0.1, 0.15) is 25.7 Å². The molecule has 0 amide bonds. The first kappa shape index (κ1) is 20.6.